The lowest BCUT2D eigenvalue weighted by molar-refractivity contribution is 0.00590. The summed E-state index contributed by atoms with van der Waals surface area (Å²) in [6.07, 6.45) is -0.407. The van der Waals surface area contributed by atoms with E-state index in [1.165, 1.54) is 0 Å². The van der Waals surface area contributed by atoms with Crippen LogP contribution in [0.25, 0.3) is 0 Å². The number of likely N-dealkylation sites (tertiary alicyclic amines) is 1. The molecule has 0 atom stereocenters. The Balaban J connectivity index is 1.83. The van der Waals surface area contributed by atoms with Crippen molar-refractivity contribution >= 4 is 17.6 Å². The summed E-state index contributed by atoms with van der Waals surface area (Å²) >= 11 is 0. The Hall–Kier alpha value is -2.08. The van der Waals surface area contributed by atoms with E-state index < -0.39 is 6.10 Å². The maximum Gasteiger partial charge on any atom is 0.319 e. The van der Waals surface area contributed by atoms with Crippen LogP contribution in [0.2, 0.25) is 0 Å². The van der Waals surface area contributed by atoms with Crippen LogP contribution in [0, 0.1) is 0 Å². The molecule has 0 unspecified atom stereocenters. The third kappa shape index (κ3) is 1.80. The van der Waals surface area contributed by atoms with Gasteiger partial charge in [0.15, 0.2) is 0 Å². The lowest BCUT2D eigenvalue weighted by Crippen LogP contribution is -2.53. The highest BCUT2D eigenvalue weighted by Crippen LogP contribution is 2.22. The first-order valence-corrected chi connectivity index (χ1v) is 5.78. The van der Waals surface area contributed by atoms with E-state index in [-0.39, 0.29) is 11.9 Å². The number of amides is 3. The lowest BCUT2D eigenvalue weighted by Gasteiger charge is -2.36. The molecule has 6 nitrogen and oxygen atoms in total. The molecule has 6 heteroatoms. The van der Waals surface area contributed by atoms with Crippen molar-refractivity contribution in [1.29, 1.82) is 0 Å². The van der Waals surface area contributed by atoms with Gasteiger partial charge in [0.1, 0.15) is 0 Å². The van der Waals surface area contributed by atoms with E-state index in [0.29, 0.717) is 30.9 Å². The molecule has 0 aliphatic carbocycles. The predicted molar refractivity (Wildman–Crippen MR) is 64.2 cm³/mol. The highest BCUT2D eigenvalue weighted by Gasteiger charge is 2.29. The van der Waals surface area contributed by atoms with Crippen LogP contribution in [0.5, 0.6) is 0 Å². The van der Waals surface area contributed by atoms with Crippen molar-refractivity contribution in [2.45, 2.75) is 12.6 Å². The number of aliphatic hydroxyl groups excluding tert-OH is 1. The van der Waals surface area contributed by atoms with Crippen molar-refractivity contribution in [3.05, 3.63) is 29.3 Å². The minimum Gasteiger partial charge on any atom is -0.389 e. The maximum absolute atomic E-state index is 12.0. The van der Waals surface area contributed by atoms with Gasteiger partial charge in [-0.05, 0) is 17.7 Å². The molecule has 1 aromatic carbocycles. The molecule has 2 aliphatic heterocycles. The Morgan fingerprint density at radius 2 is 2.17 bits per heavy atom. The first-order chi connectivity index (χ1) is 8.63. The summed E-state index contributed by atoms with van der Waals surface area (Å²) in [7, 11) is 0. The van der Waals surface area contributed by atoms with E-state index in [0.717, 1.165) is 5.56 Å². The van der Waals surface area contributed by atoms with E-state index in [1.54, 1.807) is 17.0 Å². The zero-order valence-electron chi connectivity index (χ0n) is 9.64. The van der Waals surface area contributed by atoms with Crippen LogP contribution in [-0.4, -0.2) is 41.1 Å². The molecule has 2 aliphatic rings. The van der Waals surface area contributed by atoms with Gasteiger partial charge in [0.05, 0.1) is 6.10 Å². The summed E-state index contributed by atoms with van der Waals surface area (Å²) < 4.78 is 0. The summed E-state index contributed by atoms with van der Waals surface area (Å²) in [5.74, 6) is -0.115. The molecule has 0 aromatic heterocycles. The molecular formula is C12H13N3O3. The Kier molecular flexibility index (Phi) is 2.45. The number of nitrogens with zero attached hydrogens (tertiary/aromatic N) is 1. The molecule has 0 spiro atoms. The van der Waals surface area contributed by atoms with Crippen LogP contribution in [0.4, 0.5) is 10.5 Å². The molecule has 0 saturated carbocycles. The van der Waals surface area contributed by atoms with Gasteiger partial charge in [0, 0.05) is 30.9 Å². The monoisotopic (exact) mass is 247 g/mol. The quantitative estimate of drug-likeness (QED) is 0.660. The number of nitrogens with one attached hydrogen (secondary N) is 2. The molecule has 2 heterocycles. The highest BCUT2D eigenvalue weighted by molar-refractivity contribution is 5.98. The minimum absolute atomic E-state index is 0.115. The van der Waals surface area contributed by atoms with Crippen LogP contribution in [0.15, 0.2) is 18.2 Å². The molecule has 3 amide bonds. The molecule has 1 fully saturated rings. The van der Waals surface area contributed by atoms with E-state index in [4.69, 9.17) is 0 Å². The van der Waals surface area contributed by atoms with Gasteiger partial charge in [0.25, 0.3) is 5.91 Å². The topological polar surface area (TPSA) is 81.7 Å². The second-order valence-electron chi connectivity index (χ2n) is 4.54. The van der Waals surface area contributed by atoms with Gasteiger partial charge in [0.2, 0.25) is 0 Å². The Labute approximate surface area is 104 Å². The predicted octanol–water partition coefficient (Wildman–Crippen LogP) is 0.138. The average Bonchev–Trinajstić information content (AvgIpc) is 2.33. The average molecular weight is 247 g/mol. The van der Waals surface area contributed by atoms with Crippen molar-refractivity contribution in [1.82, 2.24) is 10.2 Å². The summed E-state index contributed by atoms with van der Waals surface area (Å²) in [6.45, 7) is 1.23. The highest BCUT2D eigenvalue weighted by atomic mass is 16.3. The van der Waals surface area contributed by atoms with Crippen LogP contribution in [-0.2, 0) is 6.54 Å². The number of hydrogen-bond acceptors (Lipinski definition) is 3. The number of benzene rings is 1. The molecule has 3 N–H and O–H groups in total. The molecule has 1 saturated heterocycles. The van der Waals surface area contributed by atoms with E-state index in [1.807, 2.05) is 6.07 Å². The van der Waals surface area contributed by atoms with Crippen molar-refractivity contribution in [2.24, 2.45) is 0 Å². The van der Waals surface area contributed by atoms with Gasteiger partial charge >= 0.3 is 6.03 Å². The van der Waals surface area contributed by atoms with Gasteiger partial charge in [-0.25, -0.2) is 4.79 Å². The van der Waals surface area contributed by atoms with Gasteiger partial charge in [-0.15, -0.1) is 0 Å². The fourth-order valence-corrected chi connectivity index (χ4v) is 2.13. The molecular weight excluding hydrogens is 234 g/mol. The second-order valence-corrected chi connectivity index (χ2v) is 4.54. The van der Waals surface area contributed by atoms with Crippen molar-refractivity contribution in [3.63, 3.8) is 0 Å². The first-order valence-electron chi connectivity index (χ1n) is 5.78. The zero-order valence-corrected chi connectivity index (χ0v) is 9.64. The third-order valence-corrected chi connectivity index (χ3v) is 3.19. The van der Waals surface area contributed by atoms with Crippen LogP contribution < -0.4 is 10.6 Å². The van der Waals surface area contributed by atoms with E-state index in [9.17, 15) is 14.7 Å². The van der Waals surface area contributed by atoms with Crippen molar-refractivity contribution < 1.29 is 14.7 Å². The molecule has 1 aromatic rings. The van der Waals surface area contributed by atoms with Gasteiger partial charge in [-0.3, -0.25) is 4.79 Å². The standard InChI is InChI=1S/C12H13N3O3/c16-9-5-15(6-9)11(17)7-1-2-8-4-13-12(18)14-10(8)3-7/h1-3,9,16H,4-6H2,(H2,13,14,18). The van der Waals surface area contributed by atoms with Crippen molar-refractivity contribution in [2.75, 3.05) is 18.4 Å². The largest absolute Gasteiger partial charge is 0.389 e. The number of hydrogen-bond donors (Lipinski definition) is 3. The summed E-state index contributed by atoms with van der Waals surface area (Å²) in [5, 5.41) is 14.5. The number of fused-ring (bicyclic) bond motifs is 1. The number of rotatable bonds is 1. The molecule has 0 radical (unpaired) electrons. The summed E-state index contributed by atoms with van der Waals surface area (Å²) in [5.41, 5.74) is 2.16. The summed E-state index contributed by atoms with van der Waals surface area (Å²) in [6, 6.07) is 4.99. The number of carbonyl (C=O) groups is 2. The molecule has 94 valence electrons. The maximum atomic E-state index is 12.0. The third-order valence-electron chi connectivity index (χ3n) is 3.19. The number of β-amino-alcohol motifs (C(OH)–C–C–N with tert-alkyl or cyclic N) is 1. The van der Waals surface area contributed by atoms with Crippen molar-refractivity contribution in [3.8, 4) is 0 Å². The first kappa shape index (κ1) is 11.0. The minimum atomic E-state index is -0.407. The fourth-order valence-electron chi connectivity index (χ4n) is 2.13. The number of urea groups is 1. The van der Waals surface area contributed by atoms with Crippen LogP contribution in [0.1, 0.15) is 15.9 Å². The SMILES string of the molecule is O=C1NCc2ccc(C(=O)N3CC(O)C3)cc2N1. The lowest BCUT2D eigenvalue weighted by atomic mass is 10.0. The van der Waals surface area contributed by atoms with Gasteiger partial charge in [-0.2, -0.15) is 0 Å². The number of anilines is 1. The Bertz CT molecular complexity index is 523. The molecule has 3 rings (SSSR count). The molecule has 0 bridgehead atoms. The smallest absolute Gasteiger partial charge is 0.319 e. The van der Waals surface area contributed by atoms with Crippen LogP contribution in [0.3, 0.4) is 0 Å². The van der Waals surface area contributed by atoms with E-state index in [2.05, 4.69) is 10.6 Å². The molecule has 18 heavy (non-hydrogen) atoms. The Morgan fingerprint density at radius 1 is 1.39 bits per heavy atom. The Morgan fingerprint density at radius 3 is 2.89 bits per heavy atom. The van der Waals surface area contributed by atoms with Gasteiger partial charge < -0.3 is 20.6 Å². The van der Waals surface area contributed by atoms with Gasteiger partial charge in [-0.1, -0.05) is 6.07 Å². The van der Waals surface area contributed by atoms with Crippen LogP contribution >= 0.6 is 0 Å². The van der Waals surface area contributed by atoms with E-state index >= 15 is 0 Å². The fraction of sp³-hybridized carbons (Fsp3) is 0.333. The number of carbonyl (C=O) groups excluding carboxylic acids is 2. The normalized spacial score (nSPS) is 18.5. The summed E-state index contributed by atoms with van der Waals surface area (Å²) in [4.78, 5) is 24.8. The second kappa shape index (κ2) is 3.99. The number of aliphatic hydroxyl groups is 1. The zero-order chi connectivity index (χ0) is 12.7.